The molecule has 3 amide bonds. The van der Waals surface area contributed by atoms with E-state index in [0.29, 0.717) is 41.4 Å². The Hall–Kier alpha value is -5.54. The molecule has 294 valence electrons. The number of amides is 3. The molecular weight excluding hydrogens is 706 g/mol. The zero-order valence-electron chi connectivity index (χ0n) is 32.4. The van der Waals surface area contributed by atoms with Gasteiger partial charge in [0.1, 0.15) is 40.5 Å². The Bertz CT molecular complexity index is 1910. The number of anilines is 1. The molecule has 0 bridgehead atoms. The van der Waals surface area contributed by atoms with Crippen LogP contribution in [0.15, 0.2) is 73.1 Å². The number of carbonyl (C=O) groups is 3. The summed E-state index contributed by atoms with van der Waals surface area (Å²) in [5.74, 6) is 1.63. The number of ether oxygens (including phenoxy) is 5. The second-order valence-corrected chi connectivity index (χ2v) is 15.0. The number of carbonyl (C=O) groups excluding carboxylic acids is 3. The molecule has 2 aromatic heterocycles. The quantitative estimate of drug-likeness (QED) is 0.112. The number of fused-ring (bicyclic) bond motifs is 1. The molecule has 3 heterocycles. The van der Waals surface area contributed by atoms with Gasteiger partial charge in [-0.25, -0.2) is 29.1 Å². The van der Waals surface area contributed by atoms with Gasteiger partial charge in [-0.3, -0.25) is 4.79 Å². The zero-order chi connectivity index (χ0) is 39.6. The number of para-hydroxylation sites is 1. The van der Waals surface area contributed by atoms with Crippen molar-refractivity contribution in [2.24, 2.45) is 0 Å². The van der Waals surface area contributed by atoms with Gasteiger partial charge in [-0.05, 0) is 90.8 Å². The minimum absolute atomic E-state index is 0.0528. The Morgan fingerprint density at radius 1 is 0.873 bits per heavy atom. The SMILES string of the molecule is CC(C)(C)OC(=O)N(CCOCCOC/C=C/C(=O)N1CCC[C@@H](n2nc(-c3ccc(Oc4ccccc4)cc3)c3c(N)ncnc32)C1)C(=O)OC(C)(C)C. The number of aromatic nitrogens is 4. The number of nitrogens with zero attached hydrogens (tertiary/aromatic N) is 6. The van der Waals surface area contributed by atoms with Gasteiger partial charge in [0, 0.05) is 24.7 Å². The van der Waals surface area contributed by atoms with Crippen LogP contribution in [0.25, 0.3) is 22.3 Å². The van der Waals surface area contributed by atoms with E-state index >= 15 is 0 Å². The summed E-state index contributed by atoms with van der Waals surface area (Å²) >= 11 is 0. The standard InChI is InChI=1S/C40H51N7O8/c1-39(2,3)54-37(49)46(38(50)55-40(4,5)6)21-23-52-25-24-51-22-11-15-32(48)45-20-10-12-29(26-45)47-36-33(35(41)42-27-43-36)34(44-47)28-16-18-31(19-17-28)53-30-13-8-7-9-14-30/h7-9,11,13-19,27,29H,10,12,20-26H2,1-6H3,(H2,41,42,43)/b15-11+/t29-/m1/s1. The first kappa shape index (κ1) is 40.6. The largest absolute Gasteiger partial charge is 0.457 e. The molecule has 1 fully saturated rings. The van der Waals surface area contributed by atoms with Crippen molar-refractivity contribution in [3.8, 4) is 22.8 Å². The van der Waals surface area contributed by atoms with E-state index in [1.807, 2.05) is 59.3 Å². The lowest BCUT2D eigenvalue weighted by Gasteiger charge is -2.32. The molecule has 0 spiro atoms. The molecule has 15 heteroatoms. The van der Waals surface area contributed by atoms with Crippen LogP contribution in [0.5, 0.6) is 11.5 Å². The average molecular weight is 758 g/mol. The third kappa shape index (κ3) is 11.7. The summed E-state index contributed by atoms with van der Waals surface area (Å²) in [4.78, 5) is 49.9. The van der Waals surface area contributed by atoms with E-state index in [9.17, 15) is 14.4 Å². The number of nitrogen functional groups attached to an aromatic ring is 1. The van der Waals surface area contributed by atoms with Gasteiger partial charge in [0.05, 0.1) is 44.4 Å². The molecular formula is C40H51N7O8. The number of imide groups is 1. The van der Waals surface area contributed by atoms with Crippen molar-refractivity contribution in [2.45, 2.75) is 71.6 Å². The van der Waals surface area contributed by atoms with Crippen LogP contribution >= 0.6 is 0 Å². The van der Waals surface area contributed by atoms with Gasteiger partial charge < -0.3 is 34.3 Å². The van der Waals surface area contributed by atoms with E-state index < -0.39 is 23.4 Å². The number of benzene rings is 2. The van der Waals surface area contributed by atoms with Crippen molar-refractivity contribution in [3.05, 3.63) is 73.1 Å². The molecule has 15 nitrogen and oxygen atoms in total. The highest BCUT2D eigenvalue weighted by atomic mass is 16.6. The fraction of sp³-hybridized carbons (Fsp3) is 0.450. The maximum Gasteiger partial charge on any atom is 0.419 e. The number of rotatable bonds is 13. The van der Waals surface area contributed by atoms with Crippen LogP contribution in [0.2, 0.25) is 0 Å². The predicted octanol–water partition coefficient (Wildman–Crippen LogP) is 6.79. The van der Waals surface area contributed by atoms with Crippen LogP contribution < -0.4 is 10.5 Å². The van der Waals surface area contributed by atoms with E-state index in [1.54, 1.807) is 52.5 Å². The van der Waals surface area contributed by atoms with Crippen molar-refractivity contribution in [3.63, 3.8) is 0 Å². The van der Waals surface area contributed by atoms with Gasteiger partial charge in [0.2, 0.25) is 5.91 Å². The minimum atomic E-state index is -0.811. The van der Waals surface area contributed by atoms with Crippen molar-refractivity contribution in [1.29, 1.82) is 0 Å². The topological polar surface area (TPSA) is 173 Å². The van der Waals surface area contributed by atoms with Gasteiger partial charge in [-0.2, -0.15) is 5.10 Å². The first-order valence-electron chi connectivity index (χ1n) is 18.3. The summed E-state index contributed by atoms with van der Waals surface area (Å²) < 4.78 is 29.7. The third-order valence-electron chi connectivity index (χ3n) is 8.21. The molecule has 2 aromatic carbocycles. The lowest BCUT2D eigenvalue weighted by molar-refractivity contribution is -0.127. The second-order valence-electron chi connectivity index (χ2n) is 15.0. The van der Waals surface area contributed by atoms with Crippen LogP contribution in [-0.4, -0.2) is 105 Å². The smallest absolute Gasteiger partial charge is 0.419 e. The molecule has 2 N–H and O–H groups in total. The number of nitrogens with two attached hydrogens (primary N) is 1. The van der Waals surface area contributed by atoms with E-state index in [4.69, 9.17) is 34.5 Å². The third-order valence-corrected chi connectivity index (χ3v) is 8.21. The zero-order valence-corrected chi connectivity index (χ0v) is 32.4. The highest BCUT2D eigenvalue weighted by Gasteiger charge is 2.31. The summed E-state index contributed by atoms with van der Waals surface area (Å²) in [7, 11) is 0. The molecule has 55 heavy (non-hydrogen) atoms. The Balaban J connectivity index is 1.11. The van der Waals surface area contributed by atoms with Crippen LogP contribution in [0.4, 0.5) is 15.4 Å². The monoisotopic (exact) mass is 757 g/mol. The molecule has 5 rings (SSSR count). The van der Waals surface area contributed by atoms with Crippen molar-refractivity contribution < 1.29 is 38.1 Å². The number of piperidine rings is 1. The van der Waals surface area contributed by atoms with Crippen LogP contribution in [0, 0.1) is 0 Å². The van der Waals surface area contributed by atoms with E-state index in [0.717, 1.165) is 29.1 Å². The maximum atomic E-state index is 13.2. The fourth-order valence-electron chi connectivity index (χ4n) is 5.78. The summed E-state index contributed by atoms with van der Waals surface area (Å²) in [5.41, 5.74) is 6.91. The summed E-state index contributed by atoms with van der Waals surface area (Å²) in [6, 6.07) is 17.1. The molecule has 1 saturated heterocycles. The number of likely N-dealkylation sites (tertiary alicyclic amines) is 1. The van der Waals surface area contributed by atoms with E-state index in [-0.39, 0.29) is 44.9 Å². The minimum Gasteiger partial charge on any atom is -0.457 e. The van der Waals surface area contributed by atoms with Gasteiger partial charge >= 0.3 is 12.2 Å². The lowest BCUT2D eigenvalue weighted by atomic mass is 10.1. The Kier molecular flexibility index (Phi) is 13.4. The first-order chi connectivity index (χ1) is 26.2. The molecule has 0 unspecified atom stereocenters. The van der Waals surface area contributed by atoms with Crippen LogP contribution in [-0.2, 0) is 23.7 Å². The number of hydrogen-bond donors (Lipinski definition) is 1. The normalized spacial score (nSPS) is 14.9. The molecule has 4 aromatic rings. The van der Waals surface area contributed by atoms with Crippen LogP contribution in [0.1, 0.15) is 60.4 Å². The molecule has 1 aliphatic rings. The summed E-state index contributed by atoms with van der Waals surface area (Å²) in [5, 5.41) is 5.64. The maximum absolute atomic E-state index is 13.2. The summed E-state index contributed by atoms with van der Waals surface area (Å²) in [6.07, 6.45) is 4.59. The molecule has 1 aliphatic heterocycles. The van der Waals surface area contributed by atoms with Crippen molar-refractivity contribution >= 4 is 34.9 Å². The fourth-order valence-corrected chi connectivity index (χ4v) is 5.78. The van der Waals surface area contributed by atoms with Gasteiger partial charge in [0.25, 0.3) is 0 Å². The average Bonchev–Trinajstić information content (AvgIpc) is 3.52. The van der Waals surface area contributed by atoms with E-state index in [2.05, 4.69) is 9.97 Å². The van der Waals surface area contributed by atoms with Crippen molar-refractivity contribution in [2.75, 3.05) is 51.8 Å². The van der Waals surface area contributed by atoms with E-state index in [1.165, 1.54) is 12.4 Å². The van der Waals surface area contributed by atoms with Crippen molar-refractivity contribution in [1.82, 2.24) is 29.5 Å². The Morgan fingerprint density at radius 2 is 1.53 bits per heavy atom. The molecule has 0 radical (unpaired) electrons. The highest BCUT2D eigenvalue weighted by Crippen LogP contribution is 2.35. The lowest BCUT2D eigenvalue weighted by Crippen LogP contribution is -2.45. The highest BCUT2D eigenvalue weighted by molar-refractivity contribution is 5.98. The van der Waals surface area contributed by atoms with Gasteiger partial charge in [-0.1, -0.05) is 24.3 Å². The second kappa shape index (κ2) is 18.2. The molecule has 0 aliphatic carbocycles. The Morgan fingerprint density at radius 3 is 2.20 bits per heavy atom. The molecule has 1 atom stereocenters. The number of hydrogen-bond acceptors (Lipinski definition) is 12. The van der Waals surface area contributed by atoms with Gasteiger partial charge in [0.15, 0.2) is 5.65 Å². The first-order valence-corrected chi connectivity index (χ1v) is 18.3. The molecule has 0 saturated carbocycles. The Labute approximate surface area is 321 Å². The predicted molar refractivity (Wildman–Crippen MR) is 206 cm³/mol. The summed E-state index contributed by atoms with van der Waals surface area (Å²) in [6.45, 7) is 12.0. The van der Waals surface area contributed by atoms with Gasteiger partial charge in [-0.15, -0.1) is 0 Å². The van der Waals surface area contributed by atoms with Crippen LogP contribution in [0.3, 0.4) is 0 Å².